The number of nitrogens with one attached hydrogen (secondary N) is 2. The molecule has 206 valence electrons. The summed E-state index contributed by atoms with van der Waals surface area (Å²) in [6.45, 7) is 6.94. The molecule has 0 spiro atoms. The summed E-state index contributed by atoms with van der Waals surface area (Å²) >= 11 is 0. The van der Waals surface area contributed by atoms with Gasteiger partial charge in [0.2, 0.25) is 0 Å². The van der Waals surface area contributed by atoms with Crippen molar-refractivity contribution in [1.29, 1.82) is 0 Å². The molecule has 1 unspecified atom stereocenters. The zero-order valence-electron chi connectivity index (χ0n) is 21.4. The summed E-state index contributed by atoms with van der Waals surface area (Å²) < 4.78 is 51.3. The van der Waals surface area contributed by atoms with E-state index in [4.69, 9.17) is 20.6 Å². The van der Waals surface area contributed by atoms with Crippen LogP contribution in [0.4, 0.5) is 8.68 Å². The predicted molar refractivity (Wildman–Crippen MR) is 134 cm³/mol. The fourth-order valence-corrected chi connectivity index (χ4v) is 5.46. The predicted octanol–water partition coefficient (Wildman–Crippen LogP) is 1.41. The fraction of sp³-hybridized carbons (Fsp3) is 0.696. The zero-order valence-corrected chi connectivity index (χ0v) is 22.2. The lowest BCUT2D eigenvalue weighted by Gasteiger charge is -2.31. The Kier molecular flexibility index (Phi) is 9.17. The number of alkyl carbamates (subject to hydrolysis) is 1. The van der Waals surface area contributed by atoms with Crippen LogP contribution in [0.25, 0.3) is 0 Å². The smallest absolute Gasteiger partial charge is 0.407 e. The van der Waals surface area contributed by atoms with E-state index < -0.39 is 51.6 Å². The first-order valence-electron chi connectivity index (χ1n) is 12.0. The number of ether oxygens (including phenoxy) is 3. The Balaban J connectivity index is 1.72. The molecule has 0 bridgehead atoms. The number of halogens is 1. The first-order chi connectivity index (χ1) is 17.3. The number of hydrogen-bond donors (Lipinski definition) is 2. The minimum Gasteiger partial charge on any atom is -0.444 e. The fourth-order valence-electron chi connectivity index (χ4n) is 4.11. The largest absolute Gasteiger partial charge is 0.444 e. The molecule has 0 radical (unpaired) electrons. The van der Waals surface area contributed by atoms with E-state index in [1.807, 2.05) is 0 Å². The van der Waals surface area contributed by atoms with Crippen molar-refractivity contribution in [2.24, 2.45) is 4.36 Å². The van der Waals surface area contributed by atoms with Crippen molar-refractivity contribution >= 4 is 16.4 Å². The van der Waals surface area contributed by atoms with E-state index in [9.17, 15) is 18.6 Å². The third-order valence-corrected chi connectivity index (χ3v) is 7.42. The van der Waals surface area contributed by atoms with E-state index in [1.165, 1.54) is 17.7 Å². The van der Waals surface area contributed by atoms with Gasteiger partial charge in [0, 0.05) is 37.3 Å². The SMILES string of the molecule is C#CCOC[C@H]1O[C@@H](n2cc(C)c(=O)[nH]c2=O)C[C@@H]1N=S(=O)(F)N1CCC(NC(=O)OC(C)(C)C)CC1. The Morgan fingerprint density at radius 1 is 1.38 bits per heavy atom. The maximum absolute atomic E-state index is 15.5. The maximum atomic E-state index is 15.5. The highest BCUT2D eigenvalue weighted by Gasteiger charge is 2.39. The summed E-state index contributed by atoms with van der Waals surface area (Å²) in [6.07, 6.45) is 5.07. The van der Waals surface area contributed by atoms with Gasteiger partial charge in [0.1, 0.15) is 24.5 Å². The van der Waals surface area contributed by atoms with Crippen molar-refractivity contribution in [3.8, 4) is 12.3 Å². The lowest BCUT2D eigenvalue weighted by molar-refractivity contribution is -0.0404. The number of aromatic nitrogens is 2. The summed E-state index contributed by atoms with van der Waals surface area (Å²) in [6, 6.07) is -1.15. The van der Waals surface area contributed by atoms with Crippen molar-refractivity contribution in [2.45, 2.75) is 77.0 Å². The number of piperidine rings is 1. The molecular weight excluding hydrogens is 509 g/mol. The number of rotatable bonds is 7. The molecule has 1 amide bonds. The van der Waals surface area contributed by atoms with Gasteiger partial charge in [-0.1, -0.05) is 5.92 Å². The minimum absolute atomic E-state index is 0.0158. The molecule has 14 heteroatoms. The van der Waals surface area contributed by atoms with Crippen LogP contribution >= 0.6 is 0 Å². The average Bonchev–Trinajstić information content (AvgIpc) is 3.17. The van der Waals surface area contributed by atoms with Gasteiger partial charge < -0.3 is 19.5 Å². The van der Waals surface area contributed by atoms with E-state index in [0.717, 1.165) is 4.31 Å². The molecular formula is C23H34FN5O7S. The molecule has 0 saturated carbocycles. The minimum atomic E-state index is -4.30. The van der Waals surface area contributed by atoms with Crippen LogP contribution in [0.3, 0.4) is 0 Å². The first kappa shape index (κ1) is 28.8. The third-order valence-electron chi connectivity index (χ3n) is 5.89. The quantitative estimate of drug-likeness (QED) is 0.301. The number of carbonyl (C=O) groups excluding carboxylic acids is 1. The molecule has 2 aliphatic rings. The summed E-state index contributed by atoms with van der Waals surface area (Å²) in [5.41, 5.74) is -1.56. The van der Waals surface area contributed by atoms with Crippen LogP contribution in [-0.4, -0.2) is 74.3 Å². The number of hydrogen-bond acceptors (Lipinski definition) is 8. The maximum Gasteiger partial charge on any atom is 0.407 e. The van der Waals surface area contributed by atoms with Gasteiger partial charge >= 0.3 is 11.8 Å². The molecule has 12 nitrogen and oxygen atoms in total. The highest BCUT2D eigenvalue weighted by Crippen LogP contribution is 2.32. The van der Waals surface area contributed by atoms with E-state index in [0.29, 0.717) is 18.4 Å². The van der Waals surface area contributed by atoms with Gasteiger partial charge in [-0.2, -0.15) is 12.9 Å². The van der Waals surface area contributed by atoms with Gasteiger partial charge in [0.25, 0.3) is 15.9 Å². The number of amides is 1. The van der Waals surface area contributed by atoms with Gasteiger partial charge in [0.05, 0.1) is 12.6 Å². The first-order valence-corrected chi connectivity index (χ1v) is 13.4. The van der Waals surface area contributed by atoms with Gasteiger partial charge in [-0.3, -0.25) is 14.3 Å². The molecule has 0 aromatic carbocycles. The average molecular weight is 544 g/mol. The van der Waals surface area contributed by atoms with Crippen LogP contribution < -0.4 is 16.6 Å². The van der Waals surface area contributed by atoms with E-state index in [1.54, 1.807) is 20.8 Å². The van der Waals surface area contributed by atoms with Crippen LogP contribution in [0, 0.1) is 19.3 Å². The number of terminal acetylenes is 1. The molecule has 2 N–H and O–H groups in total. The molecule has 1 aromatic rings. The topological polar surface area (TPSA) is 144 Å². The number of carbonyl (C=O) groups is 1. The summed E-state index contributed by atoms with van der Waals surface area (Å²) in [5, 5.41) is 2.75. The number of nitrogens with zero attached hydrogens (tertiary/aromatic N) is 3. The Morgan fingerprint density at radius 2 is 2.05 bits per heavy atom. The second-order valence-electron chi connectivity index (χ2n) is 10.0. The molecule has 37 heavy (non-hydrogen) atoms. The van der Waals surface area contributed by atoms with Crippen molar-refractivity contribution in [2.75, 3.05) is 26.3 Å². The lowest BCUT2D eigenvalue weighted by Crippen LogP contribution is -2.47. The number of aromatic amines is 1. The van der Waals surface area contributed by atoms with Crippen LogP contribution in [0.15, 0.2) is 20.1 Å². The molecule has 2 aliphatic heterocycles. The van der Waals surface area contributed by atoms with Crippen LogP contribution in [-0.2, 0) is 24.5 Å². The van der Waals surface area contributed by atoms with Gasteiger partial charge in [-0.05, 0) is 40.5 Å². The molecule has 1 aromatic heterocycles. The summed E-state index contributed by atoms with van der Waals surface area (Å²) in [5.74, 6) is 2.32. The second-order valence-corrected chi connectivity index (χ2v) is 11.6. The Hall–Kier alpha value is -2.73. The molecule has 2 saturated heterocycles. The molecule has 4 atom stereocenters. The van der Waals surface area contributed by atoms with Gasteiger partial charge in [0.15, 0.2) is 0 Å². The second kappa shape index (κ2) is 11.8. The highest BCUT2D eigenvalue weighted by molar-refractivity contribution is 7.86. The molecule has 3 rings (SSSR count). The van der Waals surface area contributed by atoms with E-state index in [-0.39, 0.29) is 38.8 Å². The summed E-state index contributed by atoms with van der Waals surface area (Å²) in [4.78, 5) is 38.3. The Morgan fingerprint density at radius 3 is 2.68 bits per heavy atom. The standard InChI is InChI=1S/C23H34FN5O7S/c1-6-11-34-14-18-17(12-19(35-18)29-13-15(2)20(30)26-21(29)31)27-37(24,33)28-9-7-16(8-10-28)25-22(32)36-23(3,4)5/h1,13,16-19H,7-12,14H2,2-5H3,(H,25,32)(H,26,30,31)/t17-,18+,19+,37?/m0/s1. The van der Waals surface area contributed by atoms with Crippen LogP contribution in [0.5, 0.6) is 0 Å². The third kappa shape index (κ3) is 7.88. The van der Waals surface area contributed by atoms with Crippen molar-refractivity contribution < 1.29 is 27.1 Å². The number of H-pyrrole nitrogens is 1. The van der Waals surface area contributed by atoms with E-state index >= 15 is 3.89 Å². The van der Waals surface area contributed by atoms with Crippen LogP contribution in [0.2, 0.25) is 0 Å². The monoisotopic (exact) mass is 543 g/mol. The van der Waals surface area contributed by atoms with Crippen molar-refractivity contribution in [3.63, 3.8) is 0 Å². The Bertz CT molecular complexity index is 1250. The Labute approximate surface area is 215 Å². The molecule has 3 heterocycles. The van der Waals surface area contributed by atoms with Crippen LogP contribution in [0.1, 0.15) is 51.8 Å². The van der Waals surface area contributed by atoms with Gasteiger partial charge in [-0.15, -0.1) is 10.3 Å². The van der Waals surface area contributed by atoms with Crippen molar-refractivity contribution in [3.05, 3.63) is 32.6 Å². The highest BCUT2D eigenvalue weighted by atomic mass is 32.3. The molecule has 0 aliphatic carbocycles. The zero-order chi connectivity index (χ0) is 27.4. The normalized spacial score (nSPS) is 24.7. The lowest BCUT2D eigenvalue weighted by atomic mass is 10.1. The number of aryl methyl sites for hydroxylation is 1. The van der Waals surface area contributed by atoms with E-state index in [2.05, 4.69) is 20.6 Å². The van der Waals surface area contributed by atoms with Crippen molar-refractivity contribution in [1.82, 2.24) is 19.2 Å². The summed E-state index contributed by atoms with van der Waals surface area (Å²) in [7, 11) is -4.30. The molecule has 2 fully saturated rings. The van der Waals surface area contributed by atoms with Gasteiger partial charge in [-0.25, -0.2) is 9.59 Å².